The molecule has 2 N–H and O–H groups in total. The smallest absolute Gasteiger partial charge is 0.337 e. The number of benzene rings is 2. The average Bonchev–Trinajstić information content (AvgIpc) is 2.42. The van der Waals surface area contributed by atoms with Gasteiger partial charge in [0.15, 0.2) is 11.6 Å². The van der Waals surface area contributed by atoms with Crippen LogP contribution in [-0.2, 0) is 0 Å². The molecule has 0 radical (unpaired) electrons. The lowest BCUT2D eigenvalue weighted by atomic mass is 10.1. The van der Waals surface area contributed by atoms with Gasteiger partial charge >= 0.3 is 5.97 Å². The van der Waals surface area contributed by atoms with Gasteiger partial charge in [0.2, 0.25) is 0 Å². The maximum Gasteiger partial charge on any atom is 0.337 e. The molecule has 0 fully saturated rings. The molecule has 0 aromatic heterocycles. The van der Waals surface area contributed by atoms with Crippen LogP contribution in [-0.4, -0.2) is 17.0 Å². The zero-order valence-electron chi connectivity index (χ0n) is 10.4. The first-order valence-corrected chi connectivity index (χ1v) is 6.47. The minimum Gasteiger partial charge on any atom is -0.478 e. The van der Waals surface area contributed by atoms with Gasteiger partial charge in [-0.25, -0.2) is 13.6 Å². The first-order valence-electron chi connectivity index (χ1n) is 5.67. The van der Waals surface area contributed by atoms with Gasteiger partial charge in [0.25, 0.3) is 5.91 Å². The van der Waals surface area contributed by atoms with Crippen LogP contribution < -0.4 is 5.32 Å². The Morgan fingerprint density at radius 1 is 1.10 bits per heavy atom. The van der Waals surface area contributed by atoms with Gasteiger partial charge in [-0.1, -0.05) is 22.0 Å². The number of rotatable bonds is 3. The van der Waals surface area contributed by atoms with Crippen molar-refractivity contribution < 1.29 is 23.5 Å². The summed E-state index contributed by atoms with van der Waals surface area (Å²) in [5.74, 6) is -4.65. The number of carboxylic acid groups (broad SMARTS) is 1. The normalized spacial score (nSPS) is 10.2. The number of amides is 1. The van der Waals surface area contributed by atoms with E-state index in [9.17, 15) is 18.4 Å². The standard InChI is InChI=1S/C14H8BrF2NO3/c15-8-3-1-2-7(4-8)13(19)18-12-6-11(17)10(16)5-9(12)14(20)21/h1-6H,(H,18,19)(H,20,21). The summed E-state index contributed by atoms with van der Waals surface area (Å²) in [6, 6.07) is 7.48. The number of carboxylic acids is 1. The minimum absolute atomic E-state index is 0.241. The molecule has 108 valence electrons. The van der Waals surface area contributed by atoms with Crippen molar-refractivity contribution in [3.8, 4) is 0 Å². The molecule has 0 heterocycles. The van der Waals surface area contributed by atoms with E-state index in [1.165, 1.54) is 12.1 Å². The highest BCUT2D eigenvalue weighted by molar-refractivity contribution is 9.10. The van der Waals surface area contributed by atoms with Crippen LogP contribution in [0.5, 0.6) is 0 Å². The van der Waals surface area contributed by atoms with Gasteiger partial charge in [-0.2, -0.15) is 0 Å². The van der Waals surface area contributed by atoms with Crippen LogP contribution in [0.1, 0.15) is 20.7 Å². The third-order valence-corrected chi connectivity index (χ3v) is 3.12. The van der Waals surface area contributed by atoms with Gasteiger partial charge in [-0.15, -0.1) is 0 Å². The van der Waals surface area contributed by atoms with E-state index in [2.05, 4.69) is 21.2 Å². The van der Waals surface area contributed by atoms with Crippen LogP contribution in [0.2, 0.25) is 0 Å². The van der Waals surface area contributed by atoms with Crippen LogP contribution in [0, 0.1) is 11.6 Å². The van der Waals surface area contributed by atoms with E-state index < -0.39 is 29.1 Å². The van der Waals surface area contributed by atoms with E-state index in [4.69, 9.17) is 5.11 Å². The first-order chi connectivity index (χ1) is 9.88. The molecule has 0 saturated carbocycles. The topological polar surface area (TPSA) is 66.4 Å². The fourth-order valence-corrected chi connectivity index (χ4v) is 2.05. The third kappa shape index (κ3) is 3.43. The summed E-state index contributed by atoms with van der Waals surface area (Å²) in [7, 11) is 0. The van der Waals surface area contributed by atoms with Crippen molar-refractivity contribution in [1.29, 1.82) is 0 Å². The van der Waals surface area contributed by atoms with Crippen molar-refractivity contribution in [2.75, 3.05) is 5.32 Å². The zero-order valence-corrected chi connectivity index (χ0v) is 11.9. The van der Waals surface area contributed by atoms with Gasteiger partial charge in [0.05, 0.1) is 11.3 Å². The van der Waals surface area contributed by atoms with Gasteiger partial charge in [-0.05, 0) is 24.3 Å². The second-order valence-corrected chi connectivity index (χ2v) is 5.00. The van der Waals surface area contributed by atoms with Crippen molar-refractivity contribution in [1.82, 2.24) is 0 Å². The number of anilines is 1. The number of aromatic carboxylic acids is 1. The number of hydrogen-bond acceptors (Lipinski definition) is 2. The van der Waals surface area contributed by atoms with Crippen molar-refractivity contribution in [2.45, 2.75) is 0 Å². The zero-order chi connectivity index (χ0) is 15.6. The Balaban J connectivity index is 2.37. The molecular weight excluding hydrogens is 348 g/mol. The Morgan fingerprint density at radius 2 is 1.76 bits per heavy atom. The maximum absolute atomic E-state index is 13.2. The summed E-state index contributed by atoms with van der Waals surface area (Å²) in [5.41, 5.74) is -0.603. The summed E-state index contributed by atoms with van der Waals surface area (Å²) >= 11 is 3.19. The fraction of sp³-hybridized carbons (Fsp3) is 0. The molecule has 2 rings (SSSR count). The lowest BCUT2D eigenvalue weighted by Gasteiger charge is -2.09. The van der Waals surface area contributed by atoms with Crippen molar-refractivity contribution in [3.63, 3.8) is 0 Å². The molecule has 0 aliphatic rings. The molecule has 0 aliphatic heterocycles. The lowest BCUT2D eigenvalue weighted by Crippen LogP contribution is -2.15. The SMILES string of the molecule is O=C(Nc1cc(F)c(F)cc1C(=O)O)c1cccc(Br)c1. The number of carbonyl (C=O) groups is 2. The summed E-state index contributed by atoms with van der Waals surface area (Å²) in [4.78, 5) is 23.0. The van der Waals surface area contributed by atoms with Crippen LogP contribution in [0.3, 0.4) is 0 Å². The molecule has 4 nitrogen and oxygen atoms in total. The van der Waals surface area contributed by atoms with E-state index in [0.29, 0.717) is 16.6 Å². The summed E-state index contributed by atoms with van der Waals surface area (Å²) in [5, 5.41) is 11.2. The van der Waals surface area contributed by atoms with Crippen LogP contribution in [0.15, 0.2) is 40.9 Å². The Labute approximate surface area is 126 Å². The first kappa shape index (κ1) is 15.1. The molecule has 21 heavy (non-hydrogen) atoms. The highest BCUT2D eigenvalue weighted by Crippen LogP contribution is 2.21. The Hall–Kier alpha value is -2.28. The predicted octanol–water partition coefficient (Wildman–Crippen LogP) is 3.68. The highest BCUT2D eigenvalue weighted by Gasteiger charge is 2.17. The van der Waals surface area contributed by atoms with E-state index in [-0.39, 0.29) is 11.3 Å². The fourth-order valence-electron chi connectivity index (χ4n) is 1.65. The van der Waals surface area contributed by atoms with E-state index in [1.54, 1.807) is 12.1 Å². The lowest BCUT2D eigenvalue weighted by molar-refractivity contribution is 0.0697. The molecule has 0 saturated heterocycles. The highest BCUT2D eigenvalue weighted by atomic mass is 79.9. The van der Waals surface area contributed by atoms with Gasteiger partial charge in [-0.3, -0.25) is 4.79 Å². The molecule has 0 spiro atoms. The Kier molecular flexibility index (Phi) is 4.32. The van der Waals surface area contributed by atoms with Crippen LogP contribution in [0.25, 0.3) is 0 Å². The number of halogens is 3. The van der Waals surface area contributed by atoms with Crippen LogP contribution in [0.4, 0.5) is 14.5 Å². The molecule has 2 aromatic carbocycles. The summed E-state index contributed by atoms with van der Waals surface area (Å²) in [6.45, 7) is 0. The monoisotopic (exact) mass is 355 g/mol. The summed E-state index contributed by atoms with van der Waals surface area (Å²) < 4.78 is 26.9. The number of hydrogen-bond donors (Lipinski definition) is 2. The predicted molar refractivity (Wildman–Crippen MR) is 75.4 cm³/mol. The second kappa shape index (κ2) is 6.01. The third-order valence-electron chi connectivity index (χ3n) is 2.63. The van der Waals surface area contributed by atoms with Crippen molar-refractivity contribution in [2.24, 2.45) is 0 Å². The number of nitrogens with one attached hydrogen (secondary N) is 1. The second-order valence-electron chi connectivity index (χ2n) is 4.08. The van der Waals surface area contributed by atoms with E-state index in [1.807, 2.05) is 0 Å². The molecule has 0 bridgehead atoms. The van der Waals surface area contributed by atoms with Gasteiger partial charge in [0.1, 0.15) is 0 Å². The van der Waals surface area contributed by atoms with E-state index in [0.717, 1.165) is 0 Å². The molecule has 0 atom stereocenters. The summed E-state index contributed by atoms with van der Waals surface area (Å²) in [6.07, 6.45) is 0. The molecule has 1 amide bonds. The Bertz CT molecular complexity index is 734. The van der Waals surface area contributed by atoms with Crippen molar-refractivity contribution in [3.05, 3.63) is 63.6 Å². The number of carbonyl (C=O) groups excluding carboxylic acids is 1. The Morgan fingerprint density at radius 3 is 2.38 bits per heavy atom. The molecule has 7 heteroatoms. The average molecular weight is 356 g/mol. The molecule has 2 aromatic rings. The molecule has 0 unspecified atom stereocenters. The van der Waals surface area contributed by atoms with Crippen molar-refractivity contribution >= 4 is 33.5 Å². The molecular formula is C14H8BrF2NO3. The van der Waals surface area contributed by atoms with Gasteiger partial charge in [0, 0.05) is 16.1 Å². The van der Waals surface area contributed by atoms with E-state index >= 15 is 0 Å². The minimum atomic E-state index is -1.47. The maximum atomic E-state index is 13.2. The van der Waals surface area contributed by atoms with Crippen LogP contribution >= 0.6 is 15.9 Å². The quantitative estimate of drug-likeness (QED) is 0.882. The molecule has 0 aliphatic carbocycles. The van der Waals surface area contributed by atoms with Gasteiger partial charge < -0.3 is 10.4 Å². The largest absolute Gasteiger partial charge is 0.478 e.